The molecule has 2 atom stereocenters. The lowest BCUT2D eigenvalue weighted by atomic mass is 9.77. The second-order valence-electron chi connectivity index (χ2n) is 6.37. The van der Waals surface area contributed by atoms with E-state index in [2.05, 4.69) is 41.7 Å². The van der Waals surface area contributed by atoms with Crippen LogP contribution in [0.5, 0.6) is 0 Å². The number of anilines is 1. The Morgan fingerprint density at radius 2 is 2.00 bits per heavy atom. The molecule has 2 aliphatic rings. The lowest BCUT2D eigenvalue weighted by Gasteiger charge is -2.32. The van der Waals surface area contributed by atoms with Gasteiger partial charge in [0, 0.05) is 30.0 Å². The molecule has 1 aliphatic carbocycles. The van der Waals surface area contributed by atoms with Crippen molar-refractivity contribution in [3.63, 3.8) is 0 Å². The fraction of sp³-hybridized carbons (Fsp3) is 0.421. The lowest BCUT2D eigenvalue weighted by Crippen LogP contribution is -2.20. The van der Waals surface area contributed by atoms with E-state index in [0.717, 1.165) is 6.54 Å². The quantitative estimate of drug-likeness (QED) is 0.875. The van der Waals surface area contributed by atoms with Gasteiger partial charge < -0.3 is 5.32 Å². The van der Waals surface area contributed by atoms with Gasteiger partial charge in [-0.2, -0.15) is 0 Å². The number of hydrogen-bond acceptors (Lipinski definition) is 2. The van der Waals surface area contributed by atoms with Crippen molar-refractivity contribution in [2.24, 2.45) is 0 Å². The van der Waals surface area contributed by atoms with E-state index >= 15 is 0 Å². The molecular weight excluding hydrogens is 256 g/mol. The van der Waals surface area contributed by atoms with Crippen molar-refractivity contribution in [2.75, 3.05) is 11.9 Å². The van der Waals surface area contributed by atoms with Crippen LogP contribution in [0.1, 0.15) is 54.3 Å². The lowest BCUT2D eigenvalue weighted by molar-refractivity contribution is 0.446. The number of fused-ring (bicyclic) bond motifs is 2. The molecule has 0 bridgehead atoms. The third-order valence-electron chi connectivity index (χ3n) is 5.09. The Hall–Kier alpha value is -1.83. The van der Waals surface area contributed by atoms with Gasteiger partial charge in [0.25, 0.3) is 0 Å². The molecule has 1 aromatic carbocycles. The molecule has 0 saturated carbocycles. The second kappa shape index (κ2) is 5.51. The predicted octanol–water partition coefficient (Wildman–Crippen LogP) is 4.49. The van der Waals surface area contributed by atoms with Gasteiger partial charge in [0.2, 0.25) is 0 Å². The summed E-state index contributed by atoms with van der Waals surface area (Å²) in [5.74, 6) is 1.33. The highest BCUT2D eigenvalue weighted by Crippen LogP contribution is 2.41. The topological polar surface area (TPSA) is 24.9 Å². The van der Waals surface area contributed by atoms with Crippen LogP contribution in [0.2, 0.25) is 0 Å². The van der Waals surface area contributed by atoms with Crippen LogP contribution in [-0.4, -0.2) is 11.5 Å². The highest BCUT2D eigenvalue weighted by Gasteiger charge is 2.27. The Bertz CT molecular complexity index is 579. The molecule has 1 aromatic heterocycles. The van der Waals surface area contributed by atoms with Gasteiger partial charge in [0.05, 0.1) is 0 Å². The molecule has 0 fully saturated rings. The van der Waals surface area contributed by atoms with E-state index in [1.165, 1.54) is 54.6 Å². The number of para-hydroxylation sites is 1. The Morgan fingerprint density at radius 3 is 3.00 bits per heavy atom. The zero-order valence-corrected chi connectivity index (χ0v) is 12.4. The van der Waals surface area contributed by atoms with Crippen LogP contribution in [0.3, 0.4) is 0 Å². The number of nitrogens with one attached hydrogen (secondary N) is 1. The summed E-state index contributed by atoms with van der Waals surface area (Å²) in [6.45, 7) is 1.10. The van der Waals surface area contributed by atoms with E-state index in [4.69, 9.17) is 4.98 Å². The summed E-state index contributed by atoms with van der Waals surface area (Å²) in [5.41, 5.74) is 5.70. The van der Waals surface area contributed by atoms with Gasteiger partial charge >= 0.3 is 0 Å². The molecular formula is C19H22N2. The smallest absolute Gasteiger partial charge is 0.0466 e. The van der Waals surface area contributed by atoms with Crippen molar-refractivity contribution in [1.82, 2.24) is 4.98 Å². The Morgan fingerprint density at radius 1 is 1.05 bits per heavy atom. The molecule has 0 saturated heterocycles. The number of rotatable bonds is 2. The summed E-state index contributed by atoms with van der Waals surface area (Å²) in [4.78, 5) is 4.71. The standard InChI is InChI=1S/C19H22N2/c1-2-9-18-17(8-1)15(10-12-20-18)13-16-6-3-5-14-7-4-11-21-19(14)16/h1-2,4,7-9,11,15-16,20H,3,5-6,10,12-13H2. The molecule has 2 aromatic rings. The minimum absolute atomic E-state index is 0.645. The van der Waals surface area contributed by atoms with Crippen LogP contribution in [0.25, 0.3) is 0 Å². The van der Waals surface area contributed by atoms with Crippen LogP contribution in [0.15, 0.2) is 42.6 Å². The average Bonchev–Trinajstić information content (AvgIpc) is 2.56. The zero-order valence-electron chi connectivity index (χ0n) is 12.4. The van der Waals surface area contributed by atoms with Gasteiger partial charge in [0.1, 0.15) is 0 Å². The molecule has 2 heterocycles. The van der Waals surface area contributed by atoms with Gasteiger partial charge in [-0.15, -0.1) is 0 Å². The van der Waals surface area contributed by atoms with Crippen molar-refractivity contribution in [3.8, 4) is 0 Å². The van der Waals surface area contributed by atoms with E-state index in [-0.39, 0.29) is 0 Å². The normalized spacial score (nSPS) is 23.8. The fourth-order valence-corrected chi connectivity index (χ4v) is 4.07. The van der Waals surface area contributed by atoms with Crippen LogP contribution < -0.4 is 5.32 Å². The third kappa shape index (κ3) is 2.44. The van der Waals surface area contributed by atoms with Crippen molar-refractivity contribution in [3.05, 3.63) is 59.4 Å². The highest BCUT2D eigenvalue weighted by atomic mass is 14.9. The largest absolute Gasteiger partial charge is 0.385 e. The molecule has 21 heavy (non-hydrogen) atoms. The van der Waals surface area contributed by atoms with Crippen LogP contribution in [0, 0.1) is 0 Å². The summed E-state index contributed by atoms with van der Waals surface area (Å²) in [5, 5.41) is 3.53. The molecule has 0 amide bonds. The summed E-state index contributed by atoms with van der Waals surface area (Å²) >= 11 is 0. The molecule has 108 valence electrons. The minimum atomic E-state index is 0.645. The second-order valence-corrected chi connectivity index (χ2v) is 6.37. The Kier molecular flexibility index (Phi) is 3.38. The zero-order chi connectivity index (χ0) is 14.1. The molecule has 2 heteroatoms. The molecule has 2 unspecified atom stereocenters. The van der Waals surface area contributed by atoms with Gasteiger partial charge in [-0.05, 0) is 61.3 Å². The Labute approximate surface area is 126 Å². The maximum atomic E-state index is 4.71. The van der Waals surface area contributed by atoms with Gasteiger partial charge in [-0.3, -0.25) is 4.98 Å². The molecule has 0 spiro atoms. The first-order valence-corrected chi connectivity index (χ1v) is 8.18. The minimum Gasteiger partial charge on any atom is -0.385 e. The van der Waals surface area contributed by atoms with Crippen LogP contribution in [0.4, 0.5) is 5.69 Å². The van der Waals surface area contributed by atoms with Crippen LogP contribution >= 0.6 is 0 Å². The predicted molar refractivity (Wildman–Crippen MR) is 86.8 cm³/mol. The van der Waals surface area contributed by atoms with Gasteiger partial charge in [0.15, 0.2) is 0 Å². The number of hydrogen-bond donors (Lipinski definition) is 1. The maximum Gasteiger partial charge on any atom is 0.0466 e. The summed E-state index contributed by atoms with van der Waals surface area (Å²) in [7, 11) is 0. The summed E-state index contributed by atoms with van der Waals surface area (Å²) in [6.07, 6.45) is 8.29. The van der Waals surface area contributed by atoms with Crippen molar-refractivity contribution in [2.45, 2.75) is 43.9 Å². The summed E-state index contributed by atoms with van der Waals surface area (Å²) in [6, 6.07) is 13.2. The third-order valence-corrected chi connectivity index (χ3v) is 5.09. The molecule has 0 radical (unpaired) electrons. The van der Waals surface area contributed by atoms with E-state index < -0.39 is 0 Å². The van der Waals surface area contributed by atoms with E-state index in [1.54, 1.807) is 0 Å². The molecule has 1 aliphatic heterocycles. The van der Waals surface area contributed by atoms with E-state index in [9.17, 15) is 0 Å². The number of aromatic nitrogens is 1. The van der Waals surface area contributed by atoms with Crippen molar-refractivity contribution >= 4 is 5.69 Å². The van der Waals surface area contributed by atoms with Crippen LogP contribution in [-0.2, 0) is 6.42 Å². The van der Waals surface area contributed by atoms with Gasteiger partial charge in [-0.1, -0.05) is 24.3 Å². The first-order chi connectivity index (χ1) is 10.4. The Balaban J connectivity index is 1.61. The highest BCUT2D eigenvalue weighted by molar-refractivity contribution is 5.54. The number of pyridine rings is 1. The average molecular weight is 278 g/mol. The maximum absolute atomic E-state index is 4.71. The van der Waals surface area contributed by atoms with Crippen molar-refractivity contribution < 1.29 is 0 Å². The number of nitrogens with zero attached hydrogens (tertiary/aromatic N) is 1. The van der Waals surface area contributed by atoms with E-state index in [1.807, 2.05) is 6.20 Å². The number of aryl methyl sites for hydroxylation is 1. The summed E-state index contributed by atoms with van der Waals surface area (Å²) < 4.78 is 0. The molecule has 2 nitrogen and oxygen atoms in total. The van der Waals surface area contributed by atoms with E-state index in [0.29, 0.717) is 11.8 Å². The first kappa shape index (κ1) is 12.9. The SMILES string of the molecule is c1cnc2c(c1)CCCC2CC1CCNc2ccccc21. The molecule has 4 rings (SSSR count). The first-order valence-electron chi connectivity index (χ1n) is 8.18. The molecule has 1 N–H and O–H groups in total. The number of benzene rings is 1. The fourth-order valence-electron chi connectivity index (χ4n) is 4.07. The monoisotopic (exact) mass is 278 g/mol. The van der Waals surface area contributed by atoms with Crippen molar-refractivity contribution in [1.29, 1.82) is 0 Å². The van der Waals surface area contributed by atoms with Gasteiger partial charge in [-0.25, -0.2) is 0 Å².